The molecule has 0 saturated carbocycles. The lowest BCUT2D eigenvalue weighted by molar-refractivity contribution is -0.256. The summed E-state index contributed by atoms with van der Waals surface area (Å²) in [6.45, 7) is 0. The summed E-state index contributed by atoms with van der Waals surface area (Å²) in [6.07, 6.45) is -5.04. The first-order chi connectivity index (χ1) is 11.2. The Morgan fingerprint density at radius 3 is 2.04 bits per heavy atom. The Hall–Kier alpha value is -1.93. The predicted octanol–water partition coefficient (Wildman–Crippen LogP) is 3.39. The van der Waals surface area contributed by atoms with Gasteiger partial charge in [0.2, 0.25) is 0 Å². The lowest BCUT2D eigenvalue weighted by Crippen LogP contribution is -2.46. The lowest BCUT2D eigenvalue weighted by Gasteiger charge is -2.30. The van der Waals surface area contributed by atoms with Crippen LogP contribution in [-0.4, -0.2) is 28.4 Å². The summed E-state index contributed by atoms with van der Waals surface area (Å²) in [7, 11) is -0.827. The van der Waals surface area contributed by atoms with E-state index < -0.39 is 39.7 Å². The van der Waals surface area contributed by atoms with Gasteiger partial charge in [0, 0.05) is 4.90 Å². The summed E-state index contributed by atoms with van der Waals surface area (Å²) in [5, 5.41) is 10.2. The number of aliphatic hydroxyl groups is 1. The molecule has 24 heavy (non-hydrogen) atoms. The zero-order valence-electron chi connectivity index (χ0n) is 12.5. The minimum Gasteiger partial charge on any atom is -0.497 e. The van der Waals surface area contributed by atoms with Crippen molar-refractivity contribution >= 4 is 10.8 Å². The molecule has 0 bridgehead atoms. The number of hydrogen-bond donors (Lipinski definition) is 1. The van der Waals surface area contributed by atoms with E-state index in [9.17, 15) is 26.9 Å². The van der Waals surface area contributed by atoms with Gasteiger partial charge in [-0.05, 0) is 42.0 Å². The fraction of sp³-hybridized carbons (Fsp3) is 0.250. The van der Waals surface area contributed by atoms with Crippen molar-refractivity contribution in [2.45, 2.75) is 16.7 Å². The van der Waals surface area contributed by atoms with Gasteiger partial charge in [-0.25, -0.2) is 4.39 Å². The zero-order valence-corrected chi connectivity index (χ0v) is 13.3. The number of hydrogen-bond acceptors (Lipinski definition) is 3. The molecule has 3 nitrogen and oxygen atoms in total. The predicted molar refractivity (Wildman–Crippen MR) is 80.6 cm³/mol. The first-order valence-corrected chi connectivity index (χ1v) is 8.07. The van der Waals surface area contributed by atoms with Crippen LogP contribution in [0.3, 0.4) is 0 Å². The quantitative estimate of drug-likeness (QED) is 0.830. The van der Waals surface area contributed by atoms with Crippen molar-refractivity contribution in [3.63, 3.8) is 0 Å². The largest absolute Gasteiger partial charge is 0.497 e. The molecule has 1 N–H and O–H groups in total. The van der Waals surface area contributed by atoms with Crippen molar-refractivity contribution < 1.29 is 31.6 Å². The Kier molecular flexibility index (Phi) is 5.29. The first kappa shape index (κ1) is 18.4. The van der Waals surface area contributed by atoms with E-state index in [1.54, 1.807) is 0 Å². The van der Waals surface area contributed by atoms with Crippen molar-refractivity contribution in [3.8, 4) is 5.75 Å². The van der Waals surface area contributed by atoms with E-state index in [1.165, 1.54) is 19.2 Å². The summed E-state index contributed by atoms with van der Waals surface area (Å²) >= 11 is 0. The summed E-state index contributed by atoms with van der Waals surface area (Å²) in [5.74, 6) is -1.38. The second kappa shape index (κ2) is 6.90. The molecule has 2 atom stereocenters. The van der Waals surface area contributed by atoms with Gasteiger partial charge < -0.3 is 9.84 Å². The third-order valence-electron chi connectivity index (χ3n) is 3.45. The van der Waals surface area contributed by atoms with Gasteiger partial charge in [0.15, 0.2) is 5.60 Å². The van der Waals surface area contributed by atoms with Crippen LogP contribution >= 0.6 is 0 Å². The minimum absolute atomic E-state index is 0.00686. The lowest BCUT2D eigenvalue weighted by atomic mass is 9.95. The molecule has 0 spiro atoms. The summed E-state index contributed by atoms with van der Waals surface area (Å²) in [4.78, 5) is -0.00686. The fourth-order valence-corrected chi connectivity index (χ4v) is 3.37. The highest BCUT2D eigenvalue weighted by Crippen LogP contribution is 2.40. The maximum atomic E-state index is 13.4. The number of benzene rings is 2. The zero-order chi connectivity index (χ0) is 18.0. The Morgan fingerprint density at radius 1 is 1.04 bits per heavy atom. The molecule has 2 unspecified atom stereocenters. The second-order valence-corrected chi connectivity index (χ2v) is 6.48. The van der Waals surface area contributed by atoms with Crippen LogP contribution in [0.25, 0.3) is 0 Å². The SMILES string of the molecule is COc1ccc(C(O)(CS(=O)c2ccc(F)cc2)C(F)(F)F)cc1. The highest BCUT2D eigenvalue weighted by Gasteiger charge is 2.56. The van der Waals surface area contributed by atoms with Crippen LogP contribution in [0.4, 0.5) is 17.6 Å². The standard InChI is InChI=1S/C16H14F4O3S/c1-23-13-6-2-11(3-7-13)15(21,16(18,19)20)10-24(22)14-8-4-12(17)5-9-14/h2-9,21H,10H2,1H3. The van der Waals surface area contributed by atoms with Crippen molar-refractivity contribution in [1.29, 1.82) is 0 Å². The minimum atomic E-state index is -5.04. The molecular formula is C16H14F4O3S. The van der Waals surface area contributed by atoms with Gasteiger partial charge in [-0.1, -0.05) is 12.1 Å². The summed E-state index contributed by atoms with van der Waals surface area (Å²) in [5.41, 5.74) is -3.76. The van der Waals surface area contributed by atoms with E-state index in [4.69, 9.17) is 4.74 Å². The van der Waals surface area contributed by atoms with E-state index in [0.29, 0.717) is 5.75 Å². The normalized spacial score (nSPS) is 15.6. The first-order valence-electron chi connectivity index (χ1n) is 6.75. The summed E-state index contributed by atoms with van der Waals surface area (Å²) in [6, 6.07) is 8.90. The van der Waals surface area contributed by atoms with Crippen molar-refractivity contribution in [2.24, 2.45) is 0 Å². The molecule has 0 saturated heterocycles. The molecule has 0 aromatic heterocycles. The number of methoxy groups -OCH3 is 1. The van der Waals surface area contributed by atoms with Crippen LogP contribution in [0.2, 0.25) is 0 Å². The maximum Gasteiger partial charge on any atom is 0.422 e. The molecule has 2 aromatic carbocycles. The highest BCUT2D eigenvalue weighted by atomic mass is 32.2. The molecule has 0 amide bonds. The Morgan fingerprint density at radius 2 is 1.58 bits per heavy atom. The average Bonchev–Trinajstić information content (AvgIpc) is 2.54. The highest BCUT2D eigenvalue weighted by molar-refractivity contribution is 7.85. The van der Waals surface area contributed by atoms with Crippen LogP contribution in [0, 0.1) is 5.82 Å². The van der Waals surface area contributed by atoms with E-state index in [1.807, 2.05) is 0 Å². The van der Waals surface area contributed by atoms with Gasteiger partial charge in [-0.15, -0.1) is 0 Å². The Bertz CT molecular complexity index is 714. The summed E-state index contributed by atoms with van der Waals surface area (Å²) < 4.78 is 70.3. The smallest absolute Gasteiger partial charge is 0.422 e. The number of ether oxygens (including phenoxy) is 1. The molecule has 0 heterocycles. The third-order valence-corrected chi connectivity index (χ3v) is 4.93. The average molecular weight is 362 g/mol. The topological polar surface area (TPSA) is 46.5 Å². The molecule has 0 radical (unpaired) electrons. The van der Waals surface area contributed by atoms with Crippen LogP contribution in [0.1, 0.15) is 5.56 Å². The molecule has 8 heteroatoms. The molecular weight excluding hydrogens is 348 g/mol. The van der Waals surface area contributed by atoms with Gasteiger partial charge in [-0.2, -0.15) is 13.2 Å². The monoisotopic (exact) mass is 362 g/mol. The second-order valence-electron chi connectivity index (χ2n) is 5.03. The molecule has 0 aliphatic carbocycles. The van der Waals surface area contributed by atoms with Gasteiger partial charge in [0.1, 0.15) is 11.6 Å². The number of alkyl halides is 3. The molecule has 0 aliphatic heterocycles. The Labute approximate surface area is 138 Å². The third kappa shape index (κ3) is 3.76. The van der Waals surface area contributed by atoms with Crippen LogP contribution in [-0.2, 0) is 16.4 Å². The van der Waals surface area contributed by atoms with Crippen molar-refractivity contribution in [2.75, 3.05) is 12.9 Å². The number of halogens is 4. The molecule has 2 aromatic rings. The molecule has 0 aliphatic rings. The van der Waals surface area contributed by atoms with Crippen molar-refractivity contribution in [3.05, 3.63) is 59.9 Å². The van der Waals surface area contributed by atoms with Gasteiger partial charge in [0.25, 0.3) is 0 Å². The molecule has 130 valence electrons. The van der Waals surface area contributed by atoms with Gasteiger partial charge in [-0.3, -0.25) is 4.21 Å². The van der Waals surface area contributed by atoms with E-state index in [0.717, 1.165) is 36.4 Å². The van der Waals surface area contributed by atoms with E-state index in [2.05, 4.69) is 0 Å². The van der Waals surface area contributed by atoms with Crippen LogP contribution in [0.5, 0.6) is 5.75 Å². The maximum absolute atomic E-state index is 13.4. The van der Waals surface area contributed by atoms with Crippen molar-refractivity contribution in [1.82, 2.24) is 0 Å². The van der Waals surface area contributed by atoms with Gasteiger partial charge >= 0.3 is 6.18 Å². The Balaban J connectivity index is 2.37. The molecule has 0 fully saturated rings. The van der Waals surface area contributed by atoms with Crippen LogP contribution in [0.15, 0.2) is 53.4 Å². The van der Waals surface area contributed by atoms with E-state index in [-0.39, 0.29) is 4.90 Å². The fourth-order valence-electron chi connectivity index (χ4n) is 2.05. The van der Waals surface area contributed by atoms with Crippen LogP contribution < -0.4 is 4.74 Å². The molecule has 2 rings (SSSR count). The number of rotatable bonds is 5. The van der Waals surface area contributed by atoms with Gasteiger partial charge in [0.05, 0.1) is 23.7 Å². The van der Waals surface area contributed by atoms with E-state index >= 15 is 0 Å².